The molecule has 0 saturated heterocycles. The van der Waals surface area contributed by atoms with E-state index in [1.54, 1.807) is 13.2 Å². The van der Waals surface area contributed by atoms with Crippen LogP contribution in [-0.2, 0) is 4.74 Å². The van der Waals surface area contributed by atoms with Gasteiger partial charge < -0.3 is 10.1 Å². The average Bonchev–Trinajstić information content (AvgIpc) is 2.12. The molecule has 0 aliphatic carbocycles. The molecule has 0 aliphatic heterocycles. The standard InChI is InChI=1S/C10H13ClFNO/c1-7(6-14-2)13-10-5-8(11)3-4-9(10)12/h3-5,7,13H,6H2,1-2H3. The van der Waals surface area contributed by atoms with Crippen molar-refractivity contribution in [3.8, 4) is 0 Å². The Balaban J connectivity index is 2.70. The summed E-state index contributed by atoms with van der Waals surface area (Å²) >= 11 is 5.74. The van der Waals surface area contributed by atoms with Gasteiger partial charge in [-0.15, -0.1) is 0 Å². The molecule has 0 aliphatic rings. The quantitative estimate of drug-likeness (QED) is 0.838. The Hall–Kier alpha value is -0.800. The molecule has 1 rings (SSSR count). The van der Waals surface area contributed by atoms with E-state index in [4.69, 9.17) is 16.3 Å². The number of nitrogens with one attached hydrogen (secondary N) is 1. The second kappa shape index (κ2) is 5.17. The summed E-state index contributed by atoms with van der Waals surface area (Å²) in [7, 11) is 1.60. The fourth-order valence-corrected chi connectivity index (χ4v) is 1.34. The Morgan fingerprint density at radius 2 is 2.29 bits per heavy atom. The Labute approximate surface area is 88.0 Å². The first-order valence-corrected chi connectivity index (χ1v) is 4.72. The van der Waals surface area contributed by atoms with E-state index >= 15 is 0 Å². The minimum absolute atomic E-state index is 0.0490. The van der Waals surface area contributed by atoms with E-state index in [1.165, 1.54) is 12.1 Å². The highest BCUT2D eigenvalue weighted by molar-refractivity contribution is 6.30. The molecular formula is C10H13ClFNO. The van der Waals surface area contributed by atoms with E-state index in [9.17, 15) is 4.39 Å². The topological polar surface area (TPSA) is 21.3 Å². The first-order chi connectivity index (χ1) is 6.63. The molecule has 0 saturated carbocycles. The molecule has 4 heteroatoms. The normalized spacial score (nSPS) is 12.6. The minimum Gasteiger partial charge on any atom is -0.383 e. The number of hydrogen-bond acceptors (Lipinski definition) is 2. The van der Waals surface area contributed by atoms with Gasteiger partial charge in [0.15, 0.2) is 0 Å². The lowest BCUT2D eigenvalue weighted by molar-refractivity contribution is 0.190. The predicted octanol–water partition coefficient (Wildman–Crippen LogP) is 2.93. The van der Waals surface area contributed by atoms with Crippen molar-refractivity contribution in [1.82, 2.24) is 0 Å². The van der Waals surface area contributed by atoms with Crippen LogP contribution in [0.15, 0.2) is 18.2 Å². The summed E-state index contributed by atoms with van der Waals surface area (Å²) in [5, 5.41) is 3.48. The molecule has 78 valence electrons. The molecule has 0 radical (unpaired) electrons. The molecular weight excluding hydrogens is 205 g/mol. The third-order valence-corrected chi connectivity index (χ3v) is 1.98. The van der Waals surface area contributed by atoms with E-state index in [1.807, 2.05) is 6.92 Å². The molecule has 0 spiro atoms. The number of benzene rings is 1. The smallest absolute Gasteiger partial charge is 0.146 e. The van der Waals surface area contributed by atoms with Crippen LogP contribution in [0.5, 0.6) is 0 Å². The van der Waals surface area contributed by atoms with Crippen LogP contribution in [0.2, 0.25) is 5.02 Å². The van der Waals surface area contributed by atoms with E-state index in [-0.39, 0.29) is 11.9 Å². The summed E-state index contributed by atoms with van der Waals surface area (Å²) in [5.41, 5.74) is 0.405. The third kappa shape index (κ3) is 3.16. The van der Waals surface area contributed by atoms with E-state index in [0.717, 1.165) is 0 Å². The van der Waals surface area contributed by atoms with Crippen LogP contribution in [0.4, 0.5) is 10.1 Å². The molecule has 2 nitrogen and oxygen atoms in total. The molecule has 1 aromatic carbocycles. The molecule has 1 aromatic rings. The van der Waals surface area contributed by atoms with Crippen molar-refractivity contribution >= 4 is 17.3 Å². The van der Waals surface area contributed by atoms with Gasteiger partial charge in [-0.2, -0.15) is 0 Å². The van der Waals surface area contributed by atoms with Gasteiger partial charge in [0.2, 0.25) is 0 Å². The highest BCUT2D eigenvalue weighted by atomic mass is 35.5. The predicted molar refractivity (Wildman–Crippen MR) is 56.4 cm³/mol. The van der Waals surface area contributed by atoms with Crippen LogP contribution in [0, 0.1) is 5.82 Å². The summed E-state index contributed by atoms with van der Waals surface area (Å²) in [4.78, 5) is 0. The first kappa shape index (κ1) is 11.3. The van der Waals surface area contributed by atoms with Gasteiger partial charge >= 0.3 is 0 Å². The van der Waals surface area contributed by atoms with Gasteiger partial charge in [0.1, 0.15) is 5.82 Å². The number of halogens is 2. The van der Waals surface area contributed by atoms with E-state index in [2.05, 4.69) is 5.32 Å². The van der Waals surface area contributed by atoms with E-state index < -0.39 is 0 Å². The first-order valence-electron chi connectivity index (χ1n) is 4.34. The Bertz CT molecular complexity index is 306. The second-order valence-corrected chi connectivity index (χ2v) is 3.56. The van der Waals surface area contributed by atoms with E-state index in [0.29, 0.717) is 17.3 Å². The Morgan fingerprint density at radius 1 is 1.57 bits per heavy atom. The van der Waals surface area contributed by atoms with Crippen molar-refractivity contribution < 1.29 is 9.13 Å². The maximum absolute atomic E-state index is 13.2. The zero-order valence-electron chi connectivity index (χ0n) is 8.18. The van der Waals surface area contributed by atoms with Gasteiger partial charge in [-0.25, -0.2) is 4.39 Å². The molecule has 1 atom stereocenters. The number of anilines is 1. The summed E-state index contributed by atoms with van der Waals surface area (Å²) in [6.07, 6.45) is 0. The largest absolute Gasteiger partial charge is 0.383 e. The van der Waals surface area contributed by atoms with Gasteiger partial charge in [-0.1, -0.05) is 11.6 Å². The van der Waals surface area contributed by atoms with Gasteiger partial charge in [0.25, 0.3) is 0 Å². The third-order valence-electron chi connectivity index (χ3n) is 1.75. The van der Waals surface area contributed by atoms with Crippen molar-refractivity contribution in [2.24, 2.45) is 0 Å². The SMILES string of the molecule is COCC(C)Nc1cc(Cl)ccc1F. The van der Waals surface area contributed by atoms with Gasteiger partial charge in [0.05, 0.1) is 12.3 Å². The van der Waals surface area contributed by atoms with Crippen LogP contribution in [0.3, 0.4) is 0 Å². The van der Waals surface area contributed by atoms with Crippen molar-refractivity contribution in [1.29, 1.82) is 0 Å². The van der Waals surface area contributed by atoms with Crippen LogP contribution < -0.4 is 5.32 Å². The molecule has 14 heavy (non-hydrogen) atoms. The van der Waals surface area contributed by atoms with Crippen LogP contribution >= 0.6 is 11.6 Å². The molecule has 0 heterocycles. The number of rotatable bonds is 4. The molecule has 0 aromatic heterocycles. The highest BCUT2D eigenvalue weighted by Crippen LogP contribution is 2.20. The Morgan fingerprint density at radius 3 is 2.93 bits per heavy atom. The average molecular weight is 218 g/mol. The van der Waals surface area contributed by atoms with Gasteiger partial charge in [-0.3, -0.25) is 0 Å². The summed E-state index contributed by atoms with van der Waals surface area (Å²) < 4.78 is 18.1. The maximum Gasteiger partial charge on any atom is 0.146 e. The zero-order chi connectivity index (χ0) is 10.6. The highest BCUT2D eigenvalue weighted by Gasteiger charge is 2.06. The van der Waals surface area contributed by atoms with Crippen molar-refractivity contribution in [3.05, 3.63) is 29.0 Å². The van der Waals surface area contributed by atoms with Gasteiger partial charge in [0, 0.05) is 18.2 Å². The molecule has 0 amide bonds. The molecule has 0 fully saturated rings. The van der Waals surface area contributed by atoms with Crippen molar-refractivity contribution in [3.63, 3.8) is 0 Å². The lowest BCUT2D eigenvalue weighted by atomic mass is 10.2. The monoisotopic (exact) mass is 217 g/mol. The summed E-state index contributed by atoms with van der Waals surface area (Å²) in [6, 6.07) is 4.46. The number of hydrogen-bond donors (Lipinski definition) is 1. The summed E-state index contributed by atoms with van der Waals surface area (Å²) in [5.74, 6) is -0.308. The second-order valence-electron chi connectivity index (χ2n) is 3.12. The fraction of sp³-hybridized carbons (Fsp3) is 0.400. The Kier molecular flexibility index (Phi) is 4.17. The lowest BCUT2D eigenvalue weighted by Gasteiger charge is -2.14. The zero-order valence-corrected chi connectivity index (χ0v) is 8.94. The number of methoxy groups -OCH3 is 1. The van der Waals surface area contributed by atoms with Crippen molar-refractivity contribution in [2.45, 2.75) is 13.0 Å². The maximum atomic E-state index is 13.2. The molecule has 1 N–H and O–H groups in total. The minimum atomic E-state index is -0.308. The molecule has 1 unspecified atom stereocenters. The van der Waals surface area contributed by atoms with Crippen LogP contribution in [0.25, 0.3) is 0 Å². The van der Waals surface area contributed by atoms with Crippen molar-refractivity contribution in [2.75, 3.05) is 19.0 Å². The fourth-order valence-electron chi connectivity index (χ4n) is 1.17. The lowest BCUT2D eigenvalue weighted by Crippen LogP contribution is -2.21. The molecule has 0 bridgehead atoms. The van der Waals surface area contributed by atoms with Crippen LogP contribution in [0.1, 0.15) is 6.92 Å². The summed E-state index contributed by atoms with van der Waals surface area (Å²) in [6.45, 7) is 2.43. The number of ether oxygens (including phenoxy) is 1. The van der Waals surface area contributed by atoms with Crippen LogP contribution in [-0.4, -0.2) is 19.8 Å². The van der Waals surface area contributed by atoms with Gasteiger partial charge in [-0.05, 0) is 25.1 Å².